The quantitative estimate of drug-likeness (QED) is 0.815. The lowest BCUT2D eigenvalue weighted by atomic mass is 9.89. The third-order valence-corrected chi connectivity index (χ3v) is 4.44. The fourth-order valence-electron chi connectivity index (χ4n) is 3.62. The van der Waals surface area contributed by atoms with E-state index < -0.39 is 0 Å². The van der Waals surface area contributed by atoms with E-state index in [0.717, 1.165) is 19.4 Å². The molecule has 0 aromatic carbocycles. The molecule has 3 heteroatoms. The maximum atomic E-state index is 12.4. The van der Waals surface area contributed by atoms with E-state index in [1.807, 2.05) is 0 Å². The zero-order valence-electron chi connectivity index (χ0n) is 12.1. The Morgan fingerprint density at radius 3 is 2.39 bits per heavy atom. The van der Waals surface area contributed by atoms with Crippen molar-refractivity contribution in [3.8, 4) is 0 Å². The Labute approximate surface area is 111 Å². The third-order valence-electron chi connectivity index (χ3n) is 4.44. The molecule has 0 aromatic rings. The Balaban J connectivity index is 1.86. The molecule has 2 unspecified atom stereocenters. The topological polar surface area (TPSA) is 32.3 Å². The van der Waals surface area contributed by atoms with Gasteiger partial charge in [0.15, 0.2) is 0 Å². The van der Waals surface area contributed by atoms with Crippen molar-refractivity contribution in [1.29, 1.82) is 0 Å². The zero-order valence-corrected chi connectivity index (χ0v) is 12.1. The van der Waals surface area contributed by atoms with Crippen molar-refractivity contribution < 1.29 is 4.79 Å². The van der Waals surface area contributed by atoms with E-state index in [2.05, 4.69) is 31.0 Å². The standard InChI is InChI=1S/C15H28N2O/c1-4-7-17(11(2)3)15(18)10-12-8-13-5-6-14(9-12)16-13/h11-14,16H,4-10H2,1-3H3. The van der Waals surface area contributed by atoms with Crippen LogP contribution >= 0.6 is 0 Å². The first kappa shape index (κ1) is 13.9. The summed E-state index contributed by atoms with van der Waals surface area (Å²) in [7, 11) is 0. The molecule has 2 fully saturated rings. The summed E-state index contributed by atoms with van der Waals surface area (Å²) in [4.78, 5) is 14.4. The monoisotopic (exact) mass is 252 g/mol. The molecule has 1 amide bonds. The van der Waals surface area contributed by atoms with E-state index >= 15 is 0 Å². The van der Waals surface area contributed by atoms with Crippen molar-refractivity contribution in [2.75, 3.05) is 6.54 Å². The normalized spacial score (nSPS) is 30.8. The Morgan fingerprint density at radius 2 is 1.89 bits per heavy atom. The summed E-state index contributed by atoms with van der Waals surface area (Å²) in [6.07, 6.45) is 6.88. The van der Waals surface area contributed by atoms with Gasteiger partial charge in [-0.2, -0.15) is 0 Å². The van der Waals surface area contributed by atoms with Crippen LogP contribution in [0.3, 0.4) is 0 Å². The number of hydrogen-bond acceptors (Lipinski definition) is 2. The highest BCUT2D eigenvalue weighted by atomic mass is 16.2. The molecule has 2 heterocycles. The van der Waals surface area contributed by atoms with Gasteiger partial charge in [0.25, 0.3) is 0 Å². The van der Waals surface area contributed by atoms with Crippen LogP contribution < -0.4 is 5.32 Å². The minimum absolute atomic E-state index is 0.343. The summed E-state index contributed by atoms with van der Waals surface area (Å²) in [6, 6.07) is 1.73. The number of rotatable bonds is 5. The number of nitrogens with one attached hydrogen (secondary N) is 1. The van der Waals surface area contributed by atoms with Crippen LogP contribution in [-0.2, 0) is 4.79 Å². The smallest absolute Gasteiger partial charge is 0.223 e. The van der Waals surface area contributed by atoms with Gasteiger partial charge >= 0.3 is 0 Å². The van der Waals surface area contributed by atoms with Gasteiger partial charge in [-0.3, -0.25) is 4.79 Å². The number of nitrogens with zero attached hydrogens (tertiary/aromatic N) is 1. The lowest BCUT2D eigenvalue weighted by Crippen LogP contribution is -2.42. The van der Waals surface area contributed by atoms with Gasteiger partial charge in [-0.1, -0.05) is 6.92 Å². The molecule has 0 aromatic heterocycles. The predicted molar refractivity (Wildman–Crippen MR) is 74.4 cm³/mol. The van der Waals surface area contributed by atoms with E-state index in [1.165, 1.54) is 25.7 Å². The van der Waals surface area contributed by atoms with Crippen LogP contribution in [0.1, 0.15) is 59.3 Å². The van der Waals surface area contributed by atoms with Gasteiger partial charge in [0, 0.05) is 31.1 Å². The molecule has 18 heavy (non-hydrogen) atoms. The van der Waals surface area contributed by atoms with Crippen molar-refractivity contribution in [1.82, 2.24) is 10.2 Å². The Kier molecular flexibility index (Phi) is 4.66. The van der Waals surface area contributed by atoms with Gasteiger partial charge < -0.3 is 10.2 Å². The van der Waals surface area contributed by atoms with Gasteiger partial charge in [-0.05, 0) is 51.9 Å². The summed E-state index contributed by atoms with van der Waals surface area (Å²) in [6.45, 7) is 7.31. The molecule has 2 aliphatic heterocycles. The van der Waals surface area contributed by atoms with Crippen LogP contribution in [-0.4, -0.2) is 35.5 Å². The maximum Gasteiger partial charge on any atom is 0.223 e. The molecular weight excluding hydrogens is 224 g/mol. The first-order chi connectivity index (χ1) is 8.60. The van der Waals surface area contributed by atoms with Crippen LogP contribution in [0.15, 0.2) is 0 Å². The van der Waals surface area contributed by atoms with E-state index in [1.54, 1.807) is 0 Å². The van der Waals surface area contributed by atoms with Crippen LogP contribution in [0.5, 0.6) is 0 Å². The van der Waals surface area contributed by atoms with E-state index in [4.69, 9.17) is 0 Å². The molecule has 2 bridgehead atoms. The Hall–Kier alpha value is -0.570. The van der Waals surface area contributed by atoms with E-state index in [9.17, 15) is 4.79 Å². The second-order valence-corrected chi connectivity index (χ2v) is 6.36. The van der Waals surface area contributed by atoms with Crippen molar-refractivity contribution in [3.63, 3.8) is 0 Å². The van der Waals surface area contributed by atoms with Gasteiger partial charge in [0.2, 0.25) is 5.91 Å². The highest BCUT2D eigenvalue weighted by Crippen LogP contribution is 2.33. The molecule has 3 nitrogen and oxygen atoms in total. The van der Waals surface area contributed by atoms with Crippen LogP contribution in [0.2, 0.25) is 0 Å². The largest absolute Gasteiger partial charge is 0.340 e. The lowest BCUT2D eigenvalue weighted by molar-refractivity contribution is -0.134. The molecule has 2 saturated heterocycles. The van der Waals surface area contributed by atoms with Crippen LogP contribution in [0.25, 0.3) is 0 Å². The Bertz CT molecular complexity index is 278. The fraction of sp³-hybridized carbons (Fsp3) is 0.933. The number of amides is 1. The second-order valence-electron chi connectivity index (χ2n) is 6.36. The van der Waals surface area contributed by atoms with Crippen molar-refractivity contribution in [2.45, 2.75) is 77.4 Å². The van der Waals surface area contributed by atoms with Gasteiger partial charge in [0.05, 0.1) is 0 Å². The summed E-state index contributed by atoms with van der Waals surface area (Å²) < 4.78 is 0. The number of fused-ring (bicyclic) bond motifs is 2. The average Bonchev–Trinajstić information content (AvgIpc) is 2.65. The minimum atomic E-state index is 0.343. The molecule has 104 valence electrons. The third kappa shape index (κ3) is 3.25. The fourth-order valence-corrected chi connectivity index (χ4v) is 3.62. The van der Waals surface area contributed by atoms with E-state index in [-0.39, 0.29) is 0 Å². The summed E-state index contributed by atoms with van der Waals surface area (Å²) >= 11 is 0. The van der Waals surface area contributed by atoms with Crippen molar-refractivity contribution >= 4 is 5.91 Å². The Morgan fingerprint density at radius 1 is 1.28 bits per heavy atom. The molecule has 0 aliphatic carbocycles. The molecule has 1 N–H and O–H groups in total. The first-order valence-corrected chi connectivity index (χ1v) is 7.65. The van der Waals surface area contributed by atoms with Gasteiger partial charge in [0.1, 0.15) is 0 Å². The number of carbonyl (C=O) groups is 1. The van der Waals surface area contributed by atoms with Gasteiger partial charge in [-0.25, -0.2) is 0 Å². The minimum Gasteiger partial charge on any atom is -0.340 e. The molecular formula is C15H28N2O. The zero-order chi connectivity index (χ0) is 13.1. The van der Waals surface area contributed by atoms with Crippen molar-refractivity contribution in [3.05, 3.63) is 0 Å². The average molecular weight is 252 g/mol. The van der Waals surface area contributed by atoms with E-state index in [0.29, 0.717) is 30.0 Å². The number of piperidine rings is 1. The molecule has 0 radical (unpaired) electrons. The molecule has 2 atom stereocenters. The first-order valence-electron chi connectivity index (χ1n) is 7.65. The number of carbonyl (C=O) groups excluding carboxylic acids is 1. The summed E-state index contributed by atoms with van der Waals surface area (Å²) in [5, 5.41) is 3.65. The number of hydrogen-bond donors (Lipinski definition) is 1. The second kappa shape index (κ2) is 6.05. The summed E-state index contributed by atoms with van der Waals surface area (Å²) in [5.41, 5.74) is 0. The van der Waals surface area contributed by atoms with Crippen LogP contribution in [0.4, 0.5) is 0 Å². The predicted octanol–water partition coefficient (Wildman–Crippen LogP) is 2.55. The van der Waals surface area contributed by atoms with Crippen molar-refractivity contribution in [2.24, 2.45) is 5.92 Å². The summed E-state index contributed by atoms with van der Waals surface area (Å²) in [5.74, 6) is 0.993. The highest BCUT2D eigenvalue weighted by Gasteiger charge is 2.34. The molecule has 2 aliphatic rings. The maximum absolute atomic E-state index is 12.4. The SMILES string of the molecule is CCCN(C(=O)CC1CC2CCC(C1)N2)C(C)C. The van der Waals surface area contributed by atoms with Crippen LogP contribution in [0, 0.1) is 5.92 Å². The van der Waals surface area contributed by atoms with Gasteiger partial charge in [-0.15, -0.1) is 0 Å². The molecule has 0 spiro atoms. The highest BCUT2D eigenvalue weighted by molar-refractivity contribution is 5.76. The molecule has 2 rings (SSSR count). The lowest BCUT2D eigenvalue weighted by Gasteiger charge is -2.32. The molecule has 0 saturated carbocycles.